The molecule has 0 fully saturated rings. The molecule has 6 nitrogen and oxygen atoms in total. The van der Waals surface area contributed by atoms with Crippen molar-refractivity contribution in [3.63, 3.8) is 0 Å². The zero-order valence-electron chi connectivity index (χ0n) is 16.8. The fourth-order valence-electron chi connectivity index (χ4n) is 2.82. The second-order valence-corrected chi connectivity index (χ2v) is 9.51. The maximum absolute atomic E-state index is 13.5. The minimum atomic E-state index is -4.58. The van der Waals surface area contributed by atoms with E-state index < -0.39 is 28.7 Å². The van der Waals surface area contributed by atoms with Crippen LogP contribution in [0.5, 0.6) is 5.75 Å². The lowest BCUT2D eigenvalue weighted by atomic mass is 10.2. The second kappa shape index (κ2) is 9.61. The van der Waals surface area contributed by atoms with Crippen LogP contribution in [0.1, 0.15) is 15.2 Å². The number of hydrogen-bond donors (Lipinski definition) is 1. The molecule has 1 amide bonds. The minimum absolute atomic E-state index is 0.0385. The molecule has 1 heterocycles. The minimum Gasteiger partial charge on any atom is -0.497 e. The Morgan fingerprint density at radius 3 is 2.41 bits per heavy atom. The molecular weight excluding hydrogens is 465 g/mol. The van der Waals surface area contributed by atoms with Gasteiger partial charge in [0, 0.05) is 10.4 Å². The maximum atomic E-state index is 13.5. The molecule has 0 radical (unpaired) electrons. The van der Waals surface area contributed by atoms with Crippen molar-refractivity contribution in [1.82, 2.24) is 5.32 Å². The normalized spacial score (nSPS) is 11.8. The molecule has 0 spiro atoms. The Bertz CT molecular complexity index is 1160. The van der Waals surface area contributed by atoms with Gasteiger partial charge in [-0.2, -0.15) is 13.2 Å². The number of carbonyl (C=O) groups excluding carboxylic acids is 1. The third-order valence-corrected chi connectivity index (χ3v) is 7.00. The van der Waals surface area contributed by atoms with Crippen LogP contribution in [0, 0.1) is 0 Å². The highest BCUT2D eigenvalue weighted by molar-refractivity contribution is 7.92. The smallest absolute Gasteiger partial charge is 0.405 e. The van der Waals surface area contributed by atoms with Crippen molar-refractivity contribution in [2.24, 2.45) is 0 Å². The number of nitrogens with zero attached hydrogens (tertiary/aromatic N) is 1. The zero-order chi connectivity index (χ0) is 23.4. The quantitative estimate of drug-likeness (QED) is 0.513. The molecule has 3 rings (SSSR count). The van der Waals surface area contributed by atoms with Gasteiger partial charge in [-0.3, -0.25) is 9.10 Å². The summed E-state index contributed by atoms with van der Waals surface area (Å²) < 4.78 is 70.5. The summed E-state index contributed by atoms with van der Waals surface area (Å²) in [5.41, 5.74) is 0.173. The Kier molecular flexibility index (Phi) is 7.09. The highest BCUT2D eigenvalue weighted by Gasteiger charge is 2.29. The van der Waals surface area contributed by atoms with E-state index in [1.807, 2.05) is 5.38 Å². The van der Waals surface area contributed by atoms with Gasteiger partial charge in [0.25, 0.3) is 15.9 Å². The molecular formula is C21H19F3N2O4S2. The van der Waals surface area contributed by atoms with Gasteiger partial charge in [0.05, 0.1) is 24.2 Å². The van der Waals surface area contributed by atoms with Crippen LogP contribution in [0.2, 0.25) is 0 Å². The van der Waals surface area contributed by atoms with Crippen LogP contribution in [-0.2, 0) is 16.6 Å². The topological polar surface area (TPSA) is 75.7 Å². The van der Waals surface area contributed by atoms with Gasteiger partial charge in [0.15, 0.2) is 0 Å². The summed E-state index contributed by atoms with van der Waals surface area (Å²) >= 11 is 1.38. The van der Waals surface area contributed by atoms with E-state index in [1.165, 1.54) is 41.0 Å². The molecule has 170 valence electrons. The number of anilines is 1. The summed E-state index contributed by atoms with van der Waals surface area (Å²) in [5, 5.41) is 3.56. The van der Waals surface area contributed by atoms with E-state index in [0.29, 0.717) is 11.4 Å². The molecule has 3 aromatic rings. The maximum Gasteiger partial charge on any atom is 0.405 e. The Balaban J connectivity index is 1.96. The molecule has 2 aromatic carbocycles. The lowest BCUT2D eigenvalue weighted by Crippen LogP contribution is -2.34. The number of thiophene rings is 1. The first-order chi connectivity index (χ1) is 15.1. The Morgan fingerprint density at radius 1 is 1.09 bits per heavy atom. The first kappa shape index (κ1) is 23.6. The molecule has 1 N–H and O–H groups in total. The van der Waals surface area contributed by atoms with Gasteiger partial charge in [-0.15, -0.1) is 11.3 Å². The Labute approximate surface area is 187 Å². The van der Waals surface area contributed by atoms with E-state index in [2.05, 4.69) is 0 Å². The first-order valence-electron chi connectivity index (χ1n) is 9.24. The average Bonchev–Trinajstić information content (AvgIpc) is 3.29. The van der Waals surface area contributed by atoms with Crippen molar-refractivity contribution in [1.29, 1.82) is 0 Å². The fraction of sp³-hybridized carbons (Fsp3) is 0.190. The summed E-state index contributed by atoms with van der Waals surface area (Å²) in [6.07, 6.45) is -4.58. The fourth-order valence-corrected chi connectivity index (χ4v) is 5.08. The largest absolute Gasteiger partial charge is 0.497 e. The predicted octanol–water partition coefficient (Wildman–Crippen LogP) is 4.44. The molecule has 0 atom stereocenters. The van der Waals surface area contributed by atoms with Gasteiger partial charge < -0.3 is 10.1 Å². The van der Waals surface area contributed by atoms with Crippen molar-refractivity contribution in [3.8, 4) is 5.75 Å². The van der Waals surface area contributed by atoms with Gasteiger partial charge in [0.2, 0.25) is 0 Å². The Morgan fingerprint density at radius 2 is 1.81 bits per heavy atom. The van der Waals surface area contributed by atoms with Gasteiger partial charge in [-0.25, -0.2) is 8.42 Å². The zero-order valence-corrected chi connectivity index (χ0v) is 18.4. The van der Waals surface area contributed by atoms with E-state index in [0.717, 1.165) is 10.9 Å². The average molecular weight is 485 g/mol. The third kappa shape index (κ3) is 5.80. The number of halogens is 3. The molecule has 0 unspecified atom stereocenters. The van der Waals surface area contributed by atoms with Crippen molar-refractivity contribution >= 4 is 33.0 Å². The van der Waals surface area contributed by atoms with Crippen LogP contribution in [0.25, 0.3) is 0 Å². The Hall–Kier alpha value is -3.05. The molecule has 32 heavy (non-hydrogen) atoms. The van der Waals surface area contributed by atoms with Crippen LogP contribution >= 0.6 is 11.3 Å². The lowest BCUT2D eigenvalue weighted by molar-refractivity contribution is -0.123. The van der Waals surface area contributed by atoms with Gasteiger partial charge in [-0.1, -0.05) is 12.1 Å². The van der Waals surface area contributed by atoms with E-state index in [9.17, 15) is 26.4 Å². The van der Waals surface area contributed by atoms with Gasteiger partial charge in [0.1, 0.15) is 12.3 Å². The molecule has 0 saturated carbocycles. The van der Waals surface area contributed by atoms with Crippen LogP contribution in [0.15, 0.2) is 70.9 Å². The number of alkyl halides is 3. The number of benzene rings is 2. The van der Waals surface area contributed by atoms with E-state index >= 15 is 0 Å². The van der Waals surface area contributed by atoms with Crippen LogP contribution in [0.3, 0.4) is 0 Å². The monoisotopic (exact) mass is 484 g/mol. The molecule has 0 bridgehead atoms. The van der Waals surface area contributed by atoms with Crippen LogP contribution in [0.4, 0.5) is 18.9 Å². The molecule has 0 saturated heterocycles. The summed E-state index contributed by atoms with van der Waals surface area (Å²) in [4.78, 5) is 12.7. The van der Waals surface area contributed by atoms with Gasteiger partial charge >= 0.3 is 6.18 Å². The van der Waals surface area contributed by atoms with E-state index in [1.54, 1.807) is 41.7 Å². The summed E-state index contributed by atoms with van der Waals surface area (Å²) in [5.74, 6) is -0.473. The summed E-state index contributed by atoms with van der Waals surface area (Å²) in [7, 11) is -2.66. The van der Waals surface area contributed by atoms with Crippen LogP contribution in [-0.4, -0.2) is 34.2 Å². The molecule has 0 aliphatic heterocycles. The second-order valence-electron chi connectivity index (χ2n) is 6.61. The number of ether oxygens (including phenoxy) is 1. The lowest BCUT2D eigenvalue weighted by Gasteiger charge is -2.24. The van der Waals surface area contributed by atoms with Crippen molar-refractivity contribution in [2.75, 3.05) is 18.0 Å². The van der Waals surface area contributed by atoms with E-state index in [4.69, 9.17) is 4.74 Å². The van der Waals surface area contributed by atoms with Crippen molar-refractivity contribution < 1.29 is 31.1 Å². The number of rotatable bonds is 8. The highest BCUT2D eigenvalue weighted by atomic mass is 32.2. The number of methoxy groups -OCH3 is 1. The number of nitrogens with one attached hydrogen (secondary N) is 1. The predicted molar refractivity (Wildman–Crippen MR) is 116 cm³/mol. The molecule has 0 aliphatic carbocycles. The van der Waals surface area contributed by atoms with E-state index in [-0.39, 0.29) is 17.0 Å². The van der Waals surface area contributed by atoms with Crippen molar-refractivity contribution in [2.45, 2.75) is 17.6 Å². The van der Waals surface area contributed by atoms with Crippen LogP contribution < -0.4 is 14.4 Å². The molecule has 0 aliphatic rings. The molecule has 11 heteroatoms. The first-order valence-corrected chi connectivity index (χ1v) is 11.6. The number of hydrogen-bond acceptors (Lipinski definition) is 5. The number of amides is 1. The third-order valence-electron chi connectivity index (χ3n) is 4.37. The van der Waals surface area contributed by atoms with Gasteiger partial charge in [-0.05, 0) is 53.9 Å². The SMILES string of the molecule is COc1ccc(N(Cc2cccs2)S(=O)(=O)c2cccc(C(=O)NCC(F)(F)F)c2)cc1. The number of carbonyl (C=O) groups is 1. The summed E-state index contributed by atoms with van der Waals surface area (Å²) in [6, 6.07) is 14.9. The molecule has 1 aromatic heterocycles. The number of sulfonamides is 1. The standard InChI is InChI=1S/C21H19F3N2O4S2/c1-30-17-9-7-16(8-10-17)26(13-18-5-3-11-31-18)32(28,29)19-6-2-4-15(12-19)20(27)25-14-21(22,23)24/h2-12H,13-14H2,1H3,(H,25,27). The summed E-state index contributed by atoms with van der Waals surface area (Å²) in [6.45, 7) is -1.48. The highest BCUT2D eigenvalue weighted by Crippen LogP contribution is 2.29. The van der Waals surface area contributed by atoms with Crippen molar-refractivity contribution in [3.05, 3.63) is 76.5 Å².